The van der Waals surface area contributed by atoms with Gasteiger partial charge in [0.05, 0.1) is 36.5 Å². The number of hydrogen-bond donors (Lipinski definition) is 1. The van der Waals surface area contributed by atoms with Crippen molar-refractivity contribution in [2.75, 3.05) is 20.2 Å². The van der Waals surface area contributed by atoms with Crippen LogP contribution in [0, 0.1) is 0 Å². The molecular weight excluding hydrogens is 366 g/mol. The third kappa shape index (κ3) is 3.35. The van der Waals surface area contributed by atoms with Crippen LogP contribution in [0.3, 0.4) is 0 Å². The zero-order valence-electron chi connectivity index (χ0n) is 16.9. The quantitative estimate of drug-likeness (QED) is 0.847. The molecule has 150 valence electrons. The van der Waals surface area contributed by atoms with Crippen molar-refractivity contribution in [2.24, 2.45) is 0 Å². The second-order valence-electron chi connectivity index (χ2n) is 7.32. The van der Waals surface area contributed by atoms with E-state index in [1.165, 1.54) is 0 Å². The van der Waals surface area contributed by atoms with E-state index in [1.807, 2.05) is 73.3 Å². The van der Waals surface area contributed by atoms with Gasteiger partial charge in [0.2, 0.25) is 0 Å². The van der Waals surface area contributed by atoms with Gasteiger partial charge in [-0.2, -0.15) is 0 Å². The molecule has 2 heterocycles. The summed E-state index contributed by atoms with van der Waals surface area (Å²) >= 11 is 0. The van der Waals surface area contributed by atoms with Crippen molar-refractivity contribution in [3.8, 4) is 5.75 Å². The topological polar surface area (TPSA) is 61.9 Å². The maximum atomic E-state index is 13.4. The predicted octanol–water partition coefficient (Wildman–Crippen LogP) is 3.64. The molecule has 2 aromatic carbocycles. The zero-order valence-corrected chi connectivity index (χ0v) is 16.9. The van der Waals surface area contributed by atoms with E-state index in [0.29, 0.717) is 18.7 Å². The van der Waals surface area contributed by atoms with Crippen LogP contribution < -0.4 is 10.1 Å². The lowest BCUT2D eigenvalue weighted by molar-refractivity contribution is -0.127. The average Bonchev–Trinajstić information content (AvgIpc) is 3.09. The number of likely N-dealkylation sites (N-methyl/N-ethyl adjacent to an activating group) is 1. The summed E-state index contributed by atoms with van der Waals surface area (Å²) in [6, 6.07) is 16.7. The molecule has 29 heavy (non-hydrogen) atoms. The van der Waals surface area contributed by atoms with E-state index >= 15 is 0 Å². The van der Waals surface area contributed by atoms with E-state index in [9.17, 15) is 9.59 Å². The van der Waals surface area contributed by atoms with Crippen LogP contribution >= 0.6 is 0 Å². The van der Waals surface area contributed by atoms with Crippen LogP contribution in [0.2, 0.25) is 0 Å². The molecule has 6 nitrogen and oxygen atoms in total. The first-order valence-corrected chi connectivity index (χ1v) is 9.87. The third-order valence-corrected chi connectivity index (χ3v) is 5.66. The number of nitrogens with one attached hydrogen (secondary N) is 1. The highest BCUT2D eigenvalue weighted by molar-refractivity contribution is 6.01. The van der Waals surface area contributed by atoms with Crippen molar-refractivity contribution in [3.63, 3.8) is 0 Å². The molecule has 3 amide bonds. The summed E-state index contributed by atoms with van der Waals surface area (Å²) in [4.78, 5) is 29.4. The first kappa shape index (κ1) is 19.1. The molecule has 0 unspecified atom stereocenters. The van der Waals surface area contributed by atoms with Crippen molar-refractivity contribution in [1.82, 2.24) is 15.1 Å². The molecule has 0 spiro atoms. The summed E-state index contributed by atoms with van der Waals surface area (Å²) < 4.78 is 5.51. The van der Waals surface area contributed by atoms with Crippen LogP contribution in [0.15, 0.2) is 65.9 Å². The fourth-order valence-electron chi connectivity index (χ4n) is 3.99. The Morgan fingerprint density at radius 2 is 1.79 bits per heavy atom. The molecular formula is C23H25N3O3. The van der Waals surface area contributed by atoms with Gasteiger partial charge < -0.3 is 15.0 Å². The molecule has 2 aliphatic heterocycles. The number of carbonyl (C=O) groups is 2. The number of nitrogens with zero attached hydrogens (tertiary/aromatic N) is 2. The summed E-state index contributed by atoms with van der Waals surface area (Å²) in [5, 5.41) is 2.98. The molecule has 0 aliphatic carbocycles. The Balaban J connectivity index is 1.67. The Morgan fingerprint density at radius 3 is 2.45 bits per heavy atom. The van der Waals surface area contributed by atoms with Gasteiger partial charge in [-0.15, -0.1) is 0 Å². The van der Waals surface area contributed by atoms with Gasteiger partial charge in [-0.25, -0.2) is 4.79 Å². The van der Waals surface area contributed by atoms with Crippen LogP contribution in [0.25, 0.3) is 0 Å². The van der Waals surface area contributed by atoms with Gasteiger partial charge in [-0.1, -0.05) is 42.5 Å². The first-order chi connectivity index (χ1) is 14.0. The highest BCUT2D eigenvalue weighted by atomic mass is 16.5. The van der Waals surface area contributed by atoms with Crippen LogP contribution in [0.5, 0.6) is 5.75 Å². The van der Waals surface area contributed by atoms with Crippen LogP contribution in [-0.4, -0.2) is 41.9 Å². The Labute approximate surface area is 170 Å². The minimum absolute atomic E-state index is 0.0397. The molecule has 6 heteroatoms. The monoisotopic (exact) mass is 391 g/mol. The van der Waals surface area contributed by atoms with Crippen LogP contribution in [0.4, 0.5) is 4.79 Å². The minimum atomic E-state index is -0.468. The fourth-order valence-corrected chi connectivity index (χ4v) is 3.99. The molecule has 0 aromatic heterocycles. The molecule has 0 saturated heterocycles. The third-order valence-electron chi connectivity index (χ3n) is 5.66. The standard InChI is InChI=1S/C23H25N3O3/c1-4-29-18-12-10-17(11-13-18)21-20-19(25(3)23(28)24-21)14-26(22(20)27)15(2)16-8-6-5-7-9-16/h5-13,15,21H,4,14H2,1-3H3,(H,24,28)/t15-,21+/m1/s1. The van der Waals surface area contributed by atoms with Crippen molar-refractivity contribution < 1.29 is 14.3 Å². The van der Waals surface area contributed by atoms with Crippen molar-refractivity contribution in [1.29, 1.82) is 0 Å². The Morgan fingerprint density at radius 1 is 1.10 bits per heavy atom. The Hall–Kier alpha value is -3.28. The zero-order chi connectivity index (χ0) is 20.5. The molecule has 0 radical (unpaired) electrons. The highest BCUT2D eigenvalue weighted by Gasteiger charge is 2.44. The second kappa shape index (κ2) is 7.62. The summed E-state index contributed by atoms with van der Waals surface area (Å²) in [5.41, 5.74) is 3.34. The molecule has 2 aromatic rings. The van der Waals surface area contributed by atoms with E-state index in [0.717, 1.165) is 22.6 Å². The molecule has 0 fully saturated rings. The minimum Gasteiger partial charge on any atom is -0.494 e. The van der Waals surface area contributed by atoms with Crippen molar-refractivity contribution in [3.05, 3.63) is 77.0 Å². The van der Waals surface area contributed by atoms with Crippen molar-refractivity contribution >= 4 is 11.9 Å². The lowest BCUT2D eigenvalue weighted by Gasteiger charge is -2.31. The van der Waals surface area contributed by atoms with Crippen molar-refractivity contribution in [2.45, 2.75) is 25.9 Å². The SMILES string of the molecule is CCOc1ccc([C@@H]2NC(=O)N(C)C3=C2C(=O)N([C@H](C)c2ccccc2)C3)cc1. The number of urea groups is 1. The highest BCUT2D eigenvalue weighted by Crippen LogP contribution is 2.39. The number of carbonyl (C=O) groups excluding carboxylic acids is 2. The normalized spacial score (nSPS) is 19.9. The van der Waals surface area contributed by atoms with Gasteiger partial charge >= 0.3 is 6.03 Å². The fraction of sp³-hybridized carbons (Fsp3) is 0.304. The van der Waals surface area contributed by atoms with Gasteiger partial charge in [-0.3, -0.25) is 9.69 Å². The van der Waals surface area contributed by atoms with E-state index in [1.54, 1.807) is 11.9 Å². The number of benzene rings is 2. The summed E-state index contributed by atoms with van der Waals surface area (Å²) in [6.07, 6.45) is 0. The van der Waals surface area contributed by atoms with Crippen LogP contribution in [-0.2, 0) is 4.79 Å². The number of ether oxygens (including phenoxy) is 1. The van der Waals surface area contributed by atoms with Gasteiger partial charge in [0.1, 0.15) is 5.75 Å². The number of hydrogen-bond acceptors (Lipinski definition) is 3. The summed E-state index contributed by atoms with van der Waals surface area (Å²) in [6.45, 7) is 4.96. The van der Waals surface area contributed by atoms with Crippen LogP contribution in [0.1, 0.15) is 37.1 Å². The predicted molar refractivity (Wildman–Crippen MR) is 110 cm³/mol. The largest absolute Gasteiger partial charge is 0.494 e. The van der Waals surface area contributed by atoms with Gasteiger partial charge in [0.25, 0.3) is 5.91 Å². The summed E-state index contributed by atoms with van der Waals surface area (Å²) in [5.74, 6) is 0.726. The first-order valence-electron chi connectivity index (χ1n) is 9.87. The maximum absolute atomic E-state index is 13.4. The van der Waals surface area contributed by atoms with Gasteiger partial charge in [0, 0.05) is 7.05 Å². The van der Waals surface area contributed by atoms with E-state index in [2.05, 4.69) is 5.32 Å². The molecule has 0 saturated carbocycles. The Kier molecular flexibility index (Phi) is 5.01. The molecule has 0 bridgehead atoms. The van der Waals surface area contributed by atoms with Gasteiger partial charge in [0.15, 0.2) is 0 Å². The molecule has 1 N–H and O–H groups in total. The maximum Gasteiger partial charge on any atom is 0.322 e. The molecule has 2 atom stereocenters. The smallest absolute Gasteiger partial charge is 0.322 e. The average molecular weight is 391 g/mol. The number of rotatable bonds is 5. The lowest BCUT2D eigenvalue weighted by Crippen LogP contribution is -2.45. The van der Waals surface area contributed by atoms with E-state index in [-0.39, 0.29) is 18.0 Å². The molecule has 4 rings (SSSR count). The number of amides is 3. The molecule has 2 aliphatic rings. The van der Waals surface area contributed by atoms with E-state index in [4.69, 9.17) is 4.74 Å². The Bertz CT molecular complexity index is 953. The second-order valence-corrected chi connectivity index (χ2v) is 7.32. The van der Waals surface area contributed by atoms with Gasteiger partial charge in [-0.05, 0) is 37.1 Å². The lowest BCUT2D eigenvalue weighted by atomic mass is 9.95. The van der Waals surface area contributed by atoms with E-state index < -0.39 is 6.04 Å². The summed E-state index contributed by atoms with van der Waals surface area (Å²) in [7, 11) is 1.71.